The van der Waals surface area contributed by atoms with Crippen molar-refractivity contribution in [3.63, 3.8) is 0 Å². The van der Waals surface area contributed by atoms with Crippen LogP contribution in [-0.2, 0) is 17.8 Å². The molecule has 0 spiro atoms. The maximum Gasteiger partial charge on any atom is 0.307 e. The number of benzene rings is 1. The van der Waals surface area contributed by atoms with Gasteiger partial charge < -0.3 is 10.4 Å². The highest BCUT2D eigenvalue weighted by atomic mass is 16.4. The molecule has 98 valence electrons. The number of hydrogen-bond acceptors (Lipinski definition) is 2. The average molecular weight is 247 g/mol. The third kappa shape index (κ3) is 3.57. The van der Waals surface area contributed by atoms with E-state index in [2.05, 4.69) is 19.2 Å². The fourth-order valence-corrected chi connectivity index (χ4v) is 2.23. The van der Waals surface area contributed by atoms with E-state index in [1.165, 1.54) is 18.4 Å². The van der Waals surface area contributed by atoms with E-state index in [9.17, 15) is 4.79 Å². The lowest BCUT2D eigenvalue weighted by molar-refractivity contribution is -0.136. The van der Waals surface area contributed by atoms with Crippen molar-refractivity contribution < 1.29 is 9.90 Å². The number of carboxylic acid groups (broad SMARTS) is 1. The van der Waals surface area contributed by atoms with E-state index in [1.54, 1.807) is 0 Å². The molecule has 0 amide bonds. The van der Waals surface area contributed by atoms with Crippen LogP contribution in [0.2, 0.25) is 0 Å². The molecule has 0 aromatic heterocycles. The van der Waals surface area contributed by atoms with Crippen molar-refractivity contribution in [2.75, 3.05) is 0 Å². The second-order valence-electron chi connectivity index (χ2n) is 5.74. The molecule has 1 aromatic carbocycles. The summed E-state index contributed by atoms with van der Waals surface area (Å²) in [7, 11) is 0. The lowest BCUT2D eigenvalue weighted by atomic mass is 9.98. The predicted octanol–water partition coefficient (Wildman–Crippen LogP) is 2.59. The fourth-order valence-electron chi connectivity index (χ4n) is 2.23. The minimum Gasteiger partial charge on any atom is -0.481 e. The Kier molecular flexibility index (Phi) is 3.71. The van der Waals surface area contributed by atoms with Crippen molar-refractivity contribution in [1.82, 2.24) is 5.32 Å². The standard InChI is InChI=1S/C15H21NO2/c1-15(2,13-7-8-13)16-10-12-5-3-11(4-6-12)9-14(17)18/h3-6,13,16H,7-10H2,1-2H3,(H,17,18). The van der Waals surface area contributed by atoms with Crippen LogP contribution in [0, 0.1) is 5.92 Å². The zero-order valence-electron chi connectivity index (χ0n) is 11.1. The van der Waals surface area contributed by atoms with Crippen LogP contribution >= 0.6 is 0 Å². The highest BCUT2D eigenvalue weighted by Crippen LogP contribution is 2.39. The van der Waals surface area contributed by atoms with Crippen LogP contribution in [0.5, 0.6) is 0 Å². The van der Waals surface area contributed by atoms with Gasteiger partial charge in [0, 0.05) is 12.1 Å². The molecule has 1 aromatic rings. The van der Waals surface area contributed by atoms with Gasteiger partial charge in [0.25, 0.3) is 0 Å². The van der Waals surface area contributed by atoms with Gasteiger partial charge in [-0.15, -0.1) is 0 Å². The number of hydrogen-bond donors (Lipinski definition) is 2. The molecule has 0 unspecified atom stereocenters. The Morgan fingerprint density at radius 3 is 2.33 bits per heavy atom. The lowest BCUT2D eigenvalue weighted by Gasteiger charge is -2.26. The molecule has 1 aliphatic rings. The van der Waals surface area contributed by atoms with E-state index in [-0.39, 0.29) is 12.0 Å². The minimum absolute atomic E-state index is 0.0985. The Morgan fingerprint density at radius 1 is 1.28 bits per heavy atom. The summed E-state index contributed by atoms with van der Waals surface area (Å²) < 4.78 is 0. The predicted molar refractivity (Wildman–Crippen MR) is 71.4 cm³/mol. The third-order valence-corrected chi connectivity index (χ3v) is 3.72. The van der Waals surface area contributed by atoms with Crippen LogP contribution in [0.1, 0.15) is 37.8 Å². The normalized spacial score (nSPS) is 15.7. The van der Waals surface area contributed by atoms with Gasteiger partial charge in [-0.05, 0) is 43.7 Å². The van der Waals surface area contributed by atoms with Gasteiger partial charge >= 0.3 is 5.97 Å². The van der Waals surface area contributed by atoms with E-state index in [1.807, 2.05) is 24.3 Å². The minimum atomic E-state index is -0.782. The summed E-state index contributed by atoms with van der Waals surface area (Å²) in [6.45, 7) is 5.35. The highest BCUT2D eigenvalue weighted by Gasteiger charge is 2.36. The first-order valence-electron chi connectivity index (χ1n) is 6.52. The van der Waals surface area contributed by atoms with Gasteiger partial charge in [-0.3, -0.25) is 4.79 Å². The van der Waals surface area contributed by atoms with Gasteiger partial charge in [0.2, 0.25) is 0 Å². The molecule has 2 rings (SSSR count). The van der Waals surface area contributed by atoms with Crippen LogP contribution in [0.4, 0.5) is 0 Å². The fraction of sp³-hybridized carbons (Fsp3) is 0.533. The molecule has 3 heteroatoms. The molecule has 1 aliphatic carbocycles. The monoisotopic (exact) mass is 247 g/mol. The van der Waals surface area contributed by atoms with Crippen molar-refractivity contribution in [2.24, 2.45) is 5.92 Å². The maximum absolute atomic E-state index is 10.6. The zero-order valence-corrected chi connectivity index (χ0v) is 11.1. The summed E-state index contributed by atoms with van der Waals surface area (Å²) in [6.07, 6.45) is 2.76. The van der Waals surface area contributed by atoms with E-state index in [0.717, 1.165) is 18.0 Å². The average Bonchev–Trinajstić information content (AvgIpc) is 3.11. The number of aliphatic carboxylic acids is 1. The number of carboxylic acids is 1. The SMILES string of the molecule is CC(C)(NCc1ccc(CC(=O)O)cc1)C1CC1. The van der Waals surface area contributed by atoms with Crippen LogP contribution in [0.15, 0.2) is 24.3 Å². The summed E-state index contributed by atoms with van der Waals surface area (Å²) in [6, 6.07) is 7.81. The van der Waals surface area contributed by atoms with Gasteiger partial charge in [0.05, 0.1) is 6.42 Å². The van der Waals surface area contributed by atoms with Gasteiger partial charge in [-0.2, -0.15) is 0 Å². The van der Waals surface area contributed by atoms with Gasteiger partial charge in [0.15, 0.2) is 0 Å². The first-order chi connectivity index (χ1) is 8.47. The van der Waals surface area contributed by atoms with Crippen molar-refractivity contribution in [3.8, 4) is 0 Å². The summed E-state index contributed by atoms with van der Waals surface area (Å²) in [5.74, 6) is 0.0273. The van der Waals surface area contributed by atoms with Crippen molar-refractivity contribution >= 4 is 5.97 Å². The second kappa shape index (κ2) is 5.11. The largest absolute Gasteiger partial charge is 0.481 e. The van der Waals surface area contributed by atoms with Crippen LogP contribution in [0.3, 0.4) is 0 Å². The maximum atomic E-state index is 10.6. The van der Waals surface area contributed by atoms with E-state index < -0.39 is 5.97 Å². The van der Waals surface area contributed by atoms with Gasteiger partial charge in [0.1, 0.15) is 0 Å². The van der Waals surface area contributed by atoms with Crippen molar-refractivity contribution in [2.45, 2.75) is 45.2 Å². The van der Waals surface area contributed by atoms with Crippen LogP contribution in [-0.4, -0.2) is 16.6 Å². The quantitative estimate of drug-likeness (QED) is 0.812. The Bertz CT molecular complexity index is 419. The summed E-state index contributed by atoms with van der Waals surface area (Å²) in [5.41, 5.74) is 2.27. The molecule has 0 atom stereocenters. The van der Waals surface area contributed by atoms with Gasteiger partial charge in [-0.1, -0.05) is 24.3 Å². The molecule has 18 heavy (non-hydrogen) atoms. The number of carbonyl (C=O) groups is 1. The second-order valence-corrected chi connectivity index (χ2v) is 5.74. The molecule has 1 fully saturated rings. The molecular formula is C15H21NO2. The van der Waals surface area contributed by atoms with Crippen LogP contribution in [0.25, 0.3) is 0 Å². The molecule has 0 saturated heterocycles. The lowest BCUT2D eigenvalue weighted by Crippen LogP contribution is -2.40. The van der Waals surface area contributed by atoms with E-state index >= 15 is 0 Å². The molecule has 2 N–H and O–H groups in total. The Labute approximate surface area is 108 Å². The molecule has 0 bridgehead atoms. The van der Waals surface area contributed by atoms with Crippen LogP contribution < -0.4 is 5.32 Å². The topological polar surface area (TPSA) is 49.3 Å². The molecule has 0 radical (unpaired) electrons. The van der Waals surface area contributed by atoms with Crippen molar-refractivity contribution in [1.29, 1.82) is 0 Å². The molecule has 0 heterocycles. The third-order valence-electron chi connectivity index (χ3n) is 3.72. The zero-order chi connectivity index (χ0) is 13.2. The van der Waals surface area contributed by atoms with E-state index in [4.69, 9.17) is 5.11 Å². The molecular weight excluding hydrogens is 226 g/mol. The Balaban J connectivity index is 1.88. The Hall–Kier alpha value is -1.35. The van der Waals surface area contributed by atoms with Crippen molar-refractivity contribution in [3.05, 3.63) is 35.4 Å². The summed E-state index contributed by atoms with van der Waals surface area (Å²) in [5, 5.41) is 12.3. The highest BCUT2D eigenvalue weighted by molar-refractivity contribution is 5.70. The first kappa shape index (κ1) is 13.1. The number of rotatable bonds is 6. The van der Waals surface area contributed by atoms with E-state index in [0.29, 0.717) is 0 Å². The molecule has 1 saturated carbocycles. The summed E-state index contributed by atoms with van der Waals surface area (Å²) >= 11 is 0. The smallest absolute Gasteiger partial charge is 0.307 e. The number of nitrogens with one attached hydrogen (secondary N) is 1. The van der Waals surface area contributed by atoms with Gasteiger partial charge in [-0.25, -0.2) is 0 Å². The summed E-state index contributed by atoms with van der Waals surface area (Å²) in [4.78, 5) is 10.6. The first-order valence-corrected chi connectivity index (χ1v) is 6.52. The Morgan fingerprint density at radius 2 is 1.83 bits per heavy atom. The molecule has 0 aliphatic heterocycles. The molecule has 3 nitrogen and oxygen atoms in total.